The zero-order valence-corrected chi connectivity index (χ0v) is 12.9. The quantitative estimate of drug-likeness (QED) is 0.408. The Balaban J connectivity index is 1.70. The molecule has 3 atom stereocenters. The number of rotatable bonds is 7. The van der Waals surface area contributed by atoms with Gasteiger partial charge in [0.2, 0.25) is 5.91 Å². The van der Waals surface area contributed by atoms with Crippen molar-refractivity contribution in [3.8, 4) is 0 Å². The fourth-order valence-electron chi connectivity index (χ4n) is 4.50. The van der Waals surface area contributed by atoms with Gasteiger partial charge in [-0.05, 0) is 31.1 Å². The number of unbranched alkanes of at least 4 members (excludes halogenated alkanes) is 3. The van der Waals surface area contributed by atoms with Crippen molar-refractivity contribution in [2.75, 3.05) is 6.54 Å². The SMILES string of the molecule is C=CCN1C(=O)C2=C3CC(CCCCCC)C(C3)C2C1=O. The fraction of sp³-hybridized carbons (Fsp3) is 0.667. The van der Waals surface area contributed by atoms with Gasteiger partial charge in [0, 0.05) is 12.1 Å². The molecule has 0 spiro atoms. The van der Waals surface area contributed by atoms with Crippen LogP contribution >= 0.6 is 0 Å². The molecule has 0 N–H and O–H groups in total. The van der Waals surface area contributed by atoms with Crippen molar-refractivity contribution in [2.24, 2.45) is 17.8 Å². The number of nitrogens with zero attached hydrogens (tertiary/aromatic N) is 1. The lowest BCUT2D eigenvalue weighted by Gasteiger charge is -2.24. The first-order chi connectivity index (χ1) is 10.2. The van der Waals surface area contributed by atoms with E-state index in [1.165, 1.54) is 42.6 Å². The summed E-state index contributed by atoms with van der Waals surface area (Å²) in [4.78, 5) is 26.3. The average Bonchev–Trinajstić information content (AvgIpc) is 3.11. The van der Waals surface area contributed by atoms with Crippen molar-refractivity contribution in [3.05, 3.63) is 23.8 Å². The number of hydrogen-bond donors (Lipinski definition) is 0. The molecule has 3 heteroatoms. The molecule has 0 radical (unpaired) electrons. The van der Waals surface area contributed by atoms with E-state index in [-0.39, 0.29) is 17.7 Å². The number of carbonyl (C=O) groups excluding carboxylic acids is 2. The van der Waals surface area contributed by atoms with Gasteiger partial charge in [0.25, 0.3) is 5.91 Å². The molecule has 1 saturated heterocycles. The molecule has 3 unspecified atom stereocenters. The molecule has 1 heterocycles. The van der Waals surface area contributed by atoms with Gasteiger partial charge < -0.3 is 0 Å². The minimum atomic E-state index is -0.114. The highest BCUT2D eigenvalue weighted by atomic mass is 16.2. The van der Waals surface area contributed by atoms with Crippen LogP contribution in [0.4, 0.5) is 0 Å². The summed E-state index contributed by atoms with van der Waals surface area (Å²) >= 11 is 0. The summed E-state index contributed by atoms with van der Waals surface area (Å²) in [7, 11) is 0. The van der Waals surface area contributed by atoms with Crippen LogP contribution in [0, 0.1) is 17.8 Å². The second-order valence-electron chi connectivity index (χ2n) is 6.72. The van der Waals surface area contributed by atoms with E-state index in [0.29, 0.717) is 18.4 Å². The Morgan fingerprint density at radius 1 is 1.24 bits per heavy atom. The summed E-state index contributed by atoms with van der Waals surface area (Å²) in [5.74, 6) is 0.922. The normalized spacial score (nSPS) is 30.5. The molecule has 3 rings (SSSR count). The molecule has 0 aromatic heterocycles. The van der Waals surface area contributed by atoms with Crippen LogP contribution in [0.3, 0.4) is 0 Å². The number of likely N-dealkylation sites (tertiary alicyclic amines) is 1. The van der Waals surface area contributed by atoms with Crippen molar-refractivity contribution in [3.63, 3.8) is 0 Å². The monoisotopic (exact) mass is 287 g/mol. The largest absolute Gasteiger partial charge is 0.274 e. The van der Waals surface area contributed by atoms with Gasteiger partial charge >= 0.3 is 0 Å². The third-order valence-electron chi connectivity index (χ3n) is 5.46. The van der Waals surface area contributed by atoms with E-state index in [2.05, 4.69) is 13.5 Å². The molecule has 3 aliphatic rings. The van der Waals surface area contributed by atoms with Crippen LogP contribution in [0.5, 0.6) is 0 Å². The van der Waals surface area contributed by atoms with Gasteiger partial charge in [0.15, 0.2) is 0 Å². The highest BCUT2D eigenvalue weighted by Gasteiger charge is 2.56. The molecule has 3 nitrogen and oxygen atoms in total. The summed E-state index contributed by atoms with van der Waals surface area (Å²) in [6.45, 7) is 6.24. The number of amides is 2. The van der Waals surface area contributed by atoms with Gasteiger partial charge in [-0.15, -0.1) is 6.58 Å². The zero-order valence-electron chi connectivity index (χ0n) is 12.9. The molecule has 1 aliphatic heterocycles. The van der Waals surface area contributed by atoms with Crippen LogP contribution in [0.15, 0.2) is 23.8 Å². The predicted octanol–water partition coefficient (Wildman–Crippen LogP) is 3.46. The van der Waals surface area contributed by atoms with Crippen molar-refractivity contribution in [2.45, 2.75) is 51.9 Å². The Bertz CT molecular complexity index is 505. The van der Waals surface area contributed by atoms with E-state index >= 15 is 0 Å². The van der Waals surface area contributed by atoms with Crippen LogP contribution in [0.2, 0.25) is 0 Å². The molecule has 114 valence electrons. The number of hydrogen-bond acceptors (Lipinski definition) is 2. The maximum Gasteiger partial charge on any atom is 0.257 e. The second-order valence-corrected chi connectivity index (χ2v) is 6.72. The molecule has 2 aliphatic carbocycles. The van der Waals surface area contributed by atoms with E-state index in [1.54, 1.807) is 6.08 Å². The molecule has 1 saturated carbocycles. The van der Waals surface area contributed by atoms with E-state index < -0.39 is 0 Å². The van der Waals surface area contributed by atoms with E-state index in [1.807, 2.05) is 0 Å². The summed E-state index contributed by atoms with van der Waals surface area (Å²) < 4.78 is 0. The first-order valence-electron chi connectivity index (χ1n) is 8.37. The van der Waals surface area contributed by atoms with Gasteiger partial charge in [-0.2, -0.15) is 0 Å². The van der Waals surface area contributed by atoms with E-state index in [9.17, 15) is 9.59 Å². The molecule has 2 amide bonds. The third-order valence-corrected chi connectivity index (χ3v) is 5.46. The van der Waals surface area contributed by atoms with Crippen LogP contribution in [-0.2, 0) is 9.59 Å². The topological polar surface area (TPSA) is 37.4 Å². The summed E-state index contributed by atoms with van der Waals surface area (Å²) in [6, 6.07) is 0. The highest BCUT2D eigenvalue weighted by molar-refractivity contribution is 6.16. The van der Waals surface area contributed by atoms with Gasteiger partial charge in [0.1, 0.15) is 0 Å². The highest BCUT2D eigenvalue weighted by Crippen LogP contribution is 2.56. The van der Waals surface area contributed by atoms with Crippen molar-refractivity contribution < 1.29 is 9.59 Å². The van der Waals surface area contributed by atoms with Crippen LogP contribution < -0.4 is 0 Å². The third kappa shape index (κ3) is 2.27. The summed E-state index contributed by atoms with van der Waals surface area (Å²) in [5, 5.41) is 0. The average molecular weight is 287 g/mol. The molecular formula is C18H25NO2. The van der Waals surface area contributed by atoms with Crippen molar-refractivity contribution in [1.82, 2.24) is 4.90 Å². The Labute approximate surface area is 127 Å². The minimum Gasteiger partial charge on any atom is -0.274 e. The van der Waals surface area contributed by atoms with Crippen molar-refractivity contribution >= 4 is 11.8 Å². The zero-order chi connectivity index (χ0) is 15.0. The maximum absolute atomic E-state index is 12.5. The number of allylic oxidation sites excluding steroid dienone is 1. The number of carbonyl (C=O) groups is 2. The summed E-state index contributed by atoms with van der Waals surface area (Å²) in [6.07, 6.45) is 10.1. The molecule has 21 heavy (non-hydrogen) atoms. The first kappa shape index (κ1) is 14.6. The van der Waals surface area contributed by atoms with E-state index in [0.717, 1.165) is 18.4 Å². The molecule has 0 aromatic rings. The Morgan fingerprint density at radius 2 is 2.05 bits per heavy atom. The maximum atomic E-state index is 12.5. The Kier molecular flexibility index (Phi) is 4.01. The predicted molar refractivity (Wildman–Crippen MR) is 82.4 cm³/mol. The number of imide groups is 1. The van der Waals surface area contributed by atoms with Crippen LogP contribution in [-0.4, -0.2) is 23.3 Å². The first-order valence-corrected chi connectivity index (χ1v) is 8.37. The molecular weight excluding hydrogens is 262 g/mol. The van der Waals surface area contributed by atoms with Gasteiger partial charge in [0.05, 0.1) is 5.92 Å². The van der Waals surface area contributed by atoms with Gasteiger partial charge in [-0.1, -0.05) is 44.3 Å². The van der Waals surface area contributed by atoms with Gasteiger partial charge in [-0.3, -0.25) is 14.5 Å². The lowest BCUT2D eigenvalue weighted by atomic mass is 9.78. The molecule has 2 bridgehead atoms. The van der Waals surface area contributed by atoms with Crippen LogP contribution in [0.1, 0.15) is 51.9 Å². The molecule has 2 fully saturated rings. The minimum absolute atomic E-state index is 0.0353. The fourth-order valence-corrected chi connectivity index (χ4v) is 4.50. The Morgan fingerprint density at radius 3 is 2.76 bits per heavy atom. The molecule has 0 aromatic carbocycles. The van der Waals surface area contributed by atoms with Gasteiger partial charge in [-0.25, -0.2) is 0 Å². The standard InChI is InChI=1S/C18H25NO2/c1-3-5-6-7-8-12-10-13-11-14(12)16-15(13)17(20)19(9-4-2)18(16)21/h4,12,14,16H,2-3,5-11H2,1H3. The lowest BCUT2D eigenvalue weighted by molar-refractivity contribution is -0.139. The second kappa shape index (κ2) is 5.78. The smallest absolute Gasteiger partial charge is 0.257 e. The summed E-state index contributed by atoms with van der Waals surface area (Å²) in [5.41, 5.74) is 2.15. The Hall–Kier alpha value is -1.38. The number of fused-ring (bicyclic) bond motifs is 4. The van der Waals surface area contributed by atoms with E-state index in [4.69, 9.17) is 0 Å². The van der Waals surface area contributed by atoms with Crippen molar-refractivity contribution in [1.29, 1.82) is 0 Å². The van der Waals surface area contributed by atoms with Crippen LogP contribution in [0.25, 0.3) is 0 Å². The lowest BCUT2D eigenvalue weighted by Crippen LogP contribution is -2.33.